The van der Waals surface area contributed by atoms with Crippen molar-refractivity contribution in [3.63, 3.8) is 0 Å². The monoisotopic (exact) mass is 317 g/mol. The molecule has 1 heterocycles. The molecule has 1 fully saturated rings. The van der Waals surface area contributed by atoms with E-state index in [4.69, 9.17) is 12.2 Å². The van der Waals surface area contributed by atoms with Gasteiger partial charge in [-0.2, -0.15) is 13.2 Å². The number of benzene rings is 1. The fourth-order valence-corrected chi connectivity index (χ4v) is 2.61. The Morgan fingerprint density at radius 2 is 1.86 bits per heavy atom. The van der Waals surface area contributed by atoms with Crippen LogP contribution in [-0.4, -0.2) is 36.2 Å². The fraction of sp³-hybridized carbons (Fsp3) is 0.500. The van der Waals surface area contributed by atoms with Gasteiger partial charge in [0.25, 0.3) is 0 Å². The highest BCUT2D eigenvalue weighted by Gasteiger charge is 2.33. The topological polar surface area (TPSA) is 27.3 Å². The third-order valence-corrected chi connectivity index (χ3v) is 3.75. The van der Waals surface area contributed by atoms with Gasteiger partial charge in [-0.1, -0.05) is 12.1 Å². The van der Waals surface area contributed by atoms with Crippen LogP contribution in [0.3, 0.4) is 0 Å². The van der Waals surface area contributed by atoms with E-state index >= 15 is 0 Å². The van der Waals surface area contributed by atoms with E-state index in [1.807, 2.05) is 7.05 Å². The molecule has 2 N–H and O–H groups in total. The van der Waals surface area contributed by atoms with Crippen LogP contribution in [0.5, 0.6) is 0 Å². The van der Waals surface area contributed by atoms with Crippen molar-refractivity contribution in [2.45, 2.75) is 25.1 Å². The van der Waals surface area contributed by atoms with E-state index in [2.05, 4.69) is 15.5 Å². The molecule has 1 aliphatic heterocycles. The Morgan fingerprint density at radius 1 is 1.24 bits per heavy atom. The van der Waals surface area contributed by atoms with Crippen LogP contribution in [0.15, 0.2) is 24.3 Å². The van der Waals surface area contributed by atoms with Crippen LogP contribution in [0.2, 0.25) is 0 Å². The van der Waals surface area contributed by atoms with Crippen LogP contribution in [0.25, 0.3) is 0 Å². The molecule has 2 rings (SSSR count). The molecule has 0 amide bonds. The van der Waals surface area contributed by atoms with Gasteiger partial charge < -0.3 is 15.5 Å². The number of likely N-dealkylation sites (tertiary alicyclic amines) is 1. The Bertz CT molecular complexity index is 496. The Hall–Kier alpha value is -1.34. The summed E-state index contributed by atoms with van der Waals surface area (Å²) in [6.07, 6.45) is -2.54. The van der Waals surface area contributed by atoms with Gasteiger partial charge in [-0.05, 0) is 57.3 Å². The highest BCUT2D eigenvalue weighted by Crippen LogP contribution is 2.34. The van der Waals surface area contributed by atoms with E-state index in [0.717, 1.165) is 32.0 Å². The summed E-state index contributed by atoms with van der Waals surface area (Å²) < 4.78 is 38.7. The van der Waals surface area contributed by atoms with Crippen LogP contribution < -0.4 is 10.6 Å². The molecule has 7 heteroatoms. The largest absolute Gasteiger partial charge is 0.418 e. The molecular weight excluding hydrogens is 299 g/mol. The van der Waals surface area contributed by atoms with E-state index in [-0.39, 0.29) is 16.8 Å². The molecule has 0 saturated carbocycles. The lowest BCUT2D eigenvalue weighted by Gasteiger charge is -2.30. The van der Waals surface area contributed by atoms with Gasteiger partial charge in [-0.3, -0.25) is 0 Å². The molecule has 0 spiro atoms. The first-order valence-electron chi connectivity index (χ1n) is 6.78. The van der Waals surface area contributed by atoms with E-state index in [0.29, 0.717) is 0 Å². The molecule has 0 unspecified atom stereocenters. The van der Waals surface area contributed by atoms with E-state index < -0.39 is 11.7 Å². The standard InChI is InChI=1S/C14H18F3N3S/c1-20-8-6-10(7-9-20)18-13(21)19-12-5-3-2-4-11(12)14(15,16)17/h2-5,10H,6-9H2,1H3,(H2,18,19,21). The highest BCUT2D eigenvalue weighted by atomic mass is 32.1. The number of piperidine rings is 1. The zero-order valence-corrected chi connectivity index (χ0v) is 12.5. The molecule has 116 valence electrons. The number of hydrogen-bond acceptors (Lipinski definition) is 2. The Balaban J connectivity index is 1.97. The van der Waals surface area contributed by atoms with Gasteiger partial charge in [0, 0.05) is 6.04 Å². The van der Waals surface area contributed by atoms with Crippen LogP contribution in [0, 0.1) is 0 Å². The van der Waals surface area contributed by atoms with Crippen molar-refractivity contribution in [1.29, 1.82) is 0 Å². The average molecular weight is 317 g/mol. The van der Waals surface area contributed by atoms with Gasteiger partial charge >= 0.3 is 6.18 Å². The van der Waals surface area contributed by atoms with Crippen molar-refractivity contribution in [3.8, 4) is 0 Å². The van der Waals surface area contributed by atoms with E-state index in [1.165, 1.54) is 12.1 Å². The Morgan fingerprint density at radius 3 is 2.48 bits per heavy atom. The van der Waals surface area contributed by atoms with Crippen molar-refractivity contribution < 1.29 is 13.2 Å². The summed E-state index contributed by atoms with van der Waals surface area (Å²) in [6, 6.07) is 5.54. The predicted octanol–water partition coefficient (Wildman–Crippen LogP) is 3.09. The Labute approximate surface area is 127 Å². The maximum atomic E-state index is 12.9. The van der Waals surface area contributed by atoms with E-state index in [1.54, 1.807) is 6.07 Å². The second-order valence-corrected chi connectivity index (χ2v) is 5.63. The number of halogens is 3. The number of anilines is 1. The molecule has 21 heavy (non-hydrogen) atoms. The molecule has 1 saturated heterocycles. The third kappa shape index (κ3) is 4.57. The number of nitrogens with zero attached hydrogens (tertiary/aromatic N) is 1. The van der Waals surface area contributed by atoms with Crippen LogP contribution in [-0.2, 0) is 6.18 Å². The van der Waals surface area contributed by atoms with Gasteiger partial charge in [-0.25, -0.2) is 0 Å². The number of alkyl halides is 3. The molecule has 0 atom stereocenters. The summed E-state index contributed by atoms with van der Waals surface area (Å²) >= 11 is 5.13. The minimum absolute atomic E-state index is 0.0181. The third-order valence-electron chi connectivity index (χ3n) is 3.53. The quantitative estimate of drug-likeness (QED) is 0.820. The first-order valence-corrected chi connectivity index (χ1v) is 7.19. The maximum Gasteiger partial charge on any atom is 0.418 e. The fourth-order valence-electron chi connectivity index (χ4n) is 2.34. The zero-order valence-electron chi connectivity index (χ0n) is 11.7. The lowest BCUT2D eigenvalue weighted by molar-refractivity contribution is -0.136. The summed E-state index contributed by atoms with van der Waals surface area (Å²) in [5.41, 5.74) is -0.729. The second kappa shape index (κ2) is 6.62. The van der Waals surface area contributed by atoms with Gasteiger partial charge in [0.1, 0.15) is 0 Å². The van der Waals surface area contributed by atoms with Crippen molar-refractivity contribution in [2.75, 3.05) is 25.5 Å². The minimum atomic E-state index is -4.40. The molecule has 0 bridgehead atoms. The highest BCUT2D eigenvalue weighted by molar-refractivity contribution is 7.80. The lowest BCUT2D eigenvalue weighted by Crippen LogP contribution is -2.44. The lowest BCUT2D eigenvalue weighted by atomic mass is 10.1. The SMILES string of the molecule is CN1CCC(NC(=S)Nc2ccccc2C(F)(F)F)CC1. The zero-order chi connectivity index (χ0) is 15.5. The normalized spacial score (nSPS) is 17.5. The molecule has 0 aromatic heterocycles. The van der Waals surface area contributed by atoms with Gasteiger partial charge in [-0.15, -0.1) is 0 Å². The van der Waals surface area contributed by atoms with Gasteiger partial charge in [0.15, 0.2) is 5.11 Å². The van der Waals surface area contributed by atoms with Crippen molar-refractivity contribution >= 4 is 23.0 Å². The average Bonchev–Trinajstić information content (AvgIpc) is 2.41. The Kier molecular flexibility index (Phi) is 5.05. The molecule has 1 aromatic rings. The van der Waals surface area contributed by atoms with Crippen molar-refractivity contribution in [1.82, 2.24) is 10.2 Å². The molecule has 0 radical (unpaired) electrons. The van der Waals surface area contributed by atoms with Crippen LogP contribution in [0.1, 0.15) is 18.4 Å². The smallest absolute Gasteiger partial charge is 0.360 e. The summed E-state index contributed by atoms with van der Waals surface area (Å²) in [6.45, 7) is 1.92. The van der Waals surface area contributed by atoms with Gasteiger partial charge in [0.05, 0.1) is 11.3 Å². The van der Waals surface area contributed by atoms with E-state index in [9.17, 15) is 13.2 Å². The molecule has 0 aliphatic carbocycles. The summed E-state index contributed by atoms with van der Waals surface area (Å²) in [7, 11) is 2.05. The summed E-state index contributed by atoms with van der Waals surface area (Å²) in [5.74, 6) is 0. The number of rotatable bonds is 2. The maximum absolute atomic E-state index is 12.9. The number of hydrogen-bond donors (Lipinski definition) is 2. The molecule has 1 aliphatic rings. The van der Waals surface area contributed by atoms with Crippen LogP contribution in [0.4, 0.5) is 18.9 Å². The molecular formula is C14H18F3N3S. The minimum Gasteiger partial charge on any atom is -0.360 e. The number of para-hydroxylation sites is 1. The predicted molar refractivity (Wildman–Crippen MR) is 81.3 cm³/mol. The first-order chi connectivity index (χ1) is 9.86. The van der Waals surface area contributed by atoms with Gasteiger partial charge in [0.2, 0.25) is 0 Å². The van der Waals surface area contributed by atoms with Crippen molar-refractivity contribution in [2.24, 2.45) is 0 Å². The second-order valence-electron chi connectivity index (χ2n) is 5.22. The van der Waals surface area contributed by atoms with Crippen molar-refractivity contribution in [3.05, 3.63) is 29.8 Å². The summed E-state index contributed by atoms with van der Waals surface area (Å²) in [4.78, 5) is 2.22. The number of nitrogens with one attached hydrogen (secondary N) is 2. The molecule has 1 aromatic carbocycles. The molecule has 3 nitrogen and oxygen atoms in total. The number of thiocarbonyl (C=S) groups is 1. The summed E-state index contributed by atoms with van der Waals surface area (Å²) in [5, 5.41) is 5.99. The first kappa shape index (κ1) is 16.0. The van der Waals surface area contributed by atoms with Crippen LogP contribution >= 0.6 is 12.2 Å².